The molecule has 52 valence electrons. The molecule has 0 radical (unpaired) electrons. The van der Waals surface area contributed by atoms with Gasteiger partial charge in [-0.1, -0.05) is 6.08 Å². The van der Waals surface area contributed by atoms with E-state index < -0.39 is 11.8 Å². The van der Waals surface area contributed by atoms with E-state index in [4.69, 9.17) is 5.11 Å². The maximum atomic E-state index is 9.54. The third-order valence-electron chi connectivity index (χ3n) is 0.301. The maximum absolute atomic E-state index is 9.54. The lowest BCUT2D eigenvalue weighted by atomic mass is 10.5. The van der Waals surface area contributed by atoms with Gasteiger partial charge in [-0.3, -0.25) is 4.79 Å². The predicted molar refractivity (Wildman–Crippen MR) is 34.2 cm³/mol. The average Bonchev–Trinajstić information content (AvgIpc) is 1.68. The second kappa shape index (κ2) is 6.88. The van der Waals surface area contributed by atoms with Crippen LogP contribution < -0.4 is 0 Å². The maximum Gasteiger partial charge on any atom is 0.371 e. The Bertz CT molecular complexity index is 103. The number of ketones is 1. The van der Waals surface area contributed by atoms with Crippen LogP contribution in [-0.4, -0.2) is 16.9 Å². The van der Waals surface area contributed by atoms with Gasteiger partial charge in [0.25, 0.3) is 0 Å². The second-order valence-electron chi connectivity index (χ2n) is 1.27. The zero-order valence-corrected chi connectivity index (χ0v) is 5.55. The molecule has 0 aliphatic heterocycles. The standard InChI is InChI=1S/C3H4O3.C3H6/c1-2(4)3(5)6;1-3-2/h1H3,(H,5,6);3H,1H2,2H3. The van der Waals surface area contributed by atoms with Crippen LogP contribution in [-0.2, 0) is 9.59 Å². The number of carboxylic acids is 1. The molecule has 3 heteroatoms. The van der Waals surface area contributed by atoms with E-state index in [9.17, 15) is 9.59 Å². The molecule has 3 nitrogen and oxygen atoms in total. The van der Waals surface area contributed by atoms with Crippen molar-refractivity contribution in [2.75, 3.05) is 0 Å². The first-order valence-corrected chi connectivity index (χ1v) is 2.37. The number of hydrogen-bond acceptors (Lipinski definition) is 2. The van der Waals surface area contributed by atoms with Crippen molar-refractivity contribution in [3.8, 4) is 0 Å². The largest absolute Gasteiger partial charge is 0.476 e. The first-order chi connectivity index (χ1) is 4.06. The minimum Gasteiger partial charge on any atom is -0.476 e. The molecule has 0 aromatic rings. The summed E-state index contributed by atoms with van der Waals surface area (Å²) in [5, 5.41) is 7.64. The lowest BCUT2D eigenvalue weighted by Gasteiger charge is -1.73. The van der Waals surface area contributed by atoms with Gasteiger partial charge in [0.15, 0.2) is 0 Å². The van der Waals surface area contributed by atoms with Crippen LogP contribution in [0.2, 0.25) is 0 Å². The van der Waals surface area contributed by atoms with E-state index in [1.165, 1.54) is 0 Å². The fourth-order valence-corrected chi connectivity index (χ4v) is 0. The summed E-state index contributed by atoms with van der Waals surface area (Å²) >= 11 is 0. The Labute approximate surface area is 54.0 Å². The zero-order chi connectivity index (χ0) is 7.86. The number of carbonyl (C=O) groups is 2. The number of carbonyl (C=O) groups excluding carboxylic acids is 1. The quantitative estimate of drug-likeness (QED) is 0.423. The van der Waals surface area contributed by atoms with Crippen LogP contribution in [0.25, 0.3) is 0 Å². The van der Waals surface area contributed by atoms with E-state index in [-0.39, 0.29) is 0 Å². The normalized spacial score (nSPS) is 6.44. The molecule has 0 aliphatic rings. The molecule has 0 aromatic carbocycles. The van der Waals surface area contributed by atoms with Crippen LogP contribution in [0.5, 0.6) is 0 Å². The highest BCUT2D eigenvalue weighted by molar-refractivity contribution is 6.31. The molecule has 0 rings (SSSR count). The van der Waals surface area contributed by atoms with Crippen molar-refractivity contribution in [2.24, 2.45) is 0 Å². The van der Waals surface area contributed by atoms with Gasteiger partial charge in [0, 0.05) is 6.92 Å². The van der Waals surface area contributed by atoms with Crippen molar-refractivity contribution < 1.29 is 14.7 Å². The van der Waals surface area contributed by atoms with Crippen LogP contribution in [0.4, 0.5) is 0 Å². The van der Waals surface area contributed by atoms with E-state index in [1.54, 1.807) is 6.08 Å². The molecule has 0 heterocycles. The highest BCUT2D eigenvalue weighted by Crippen LogP contribution is 1.61. The van der Waals surface area contributed by atoms with Gasteiger partial charge in [-0.15, -0.1) is 6.58 Å². The van der Waals surface area contributed by atoms with E-state index in [0.717, 1.165) is 6.92 Å². The Morgan fingerprint density at radius 3 is 1.67 bits per heavy atom. The summed E-state index contributed by atoms with van der Waals surface area (Å²) in [5.41, 5.74) is 0. The number of rotatable bonds is 1. The van der Waals surface area contributed by atoms with Crippen LogP contribution in [0.1, 0.15) is 13.8 Å². The molecule has 1 N–H and O–H groups in total. The zero-order valence-electron chi connectivity index (χ0n) is 5.55. The van der Waals surface area contributed by atoms with Gasteiger partial charge < -0.3 is 5.11 Å². The fourth-order valence-electron chi connectivity index (χ4n) is 0. The summed E-state index contributed by atoms with van der Waals surface area (Å²) in [6.07, 6.45) is 1.75. The molecule has 0 fully saturated rings. The van der Waals surface area contributed by atoms with Crippen molar-refractivity contribution in [1.82, 2.24) is 0 Å². The fraction of sp³-hybridized carbons (Fsp3) is 0.333. The SMILES string of the molecule is C=CC.CC(=O)C(=O)O. The molecular formula is C6H10O3. The number of allylic oxidation sites excluding steroid dienone is 1. The second-order valence-corrected chi connectivity index (χ2v) is 1.27. The van der Waals surface area contributed by atoms with Crippen molar-refractivity contribution in [1.29, 1.82) is 0 Å². The Balaban J connectivity index is 0. The van der Waals surface area contributed by atoms with Gasteiger partial charge in [0.2, 0.25) is 5.78 Å². The molecule has 0 spiro atoms. The van der Waals surface area contributed by atoms with Crippen LogP contribution in [0.3, 0.4) is 0 Å². The molecular weight excluding hydrogens is 120 g/mol. The minimum atomic E-state index is -1.38. The van der Waals surface area contributed by atoms with Gasteiger partial charge >= 0.3 is 5.97 Å². The average molecular weight is 130 g/mol. The summed E-state index contributed by atoms with van der Waals surface area (Å²) < 4.78 is 0. The lowest BCUT2D eigenvalue weighted by Crippen LogP contribution is -2.05. The monoisotopic (exact) mass is 130 g/mol. The van der Waals surface area contributed by atoms with Crippen LogP contribution in [0, 0.1) is 0 Å². The minimum absolute atomic E-state index is 0.824. The van der Waals surface area contributed by atoms with Gasteiger partial charge in [0.05, 0.1) is 0 Å². The van der Waals surface area contributed by atoms with Crippen LogP contribution >= 0.6 is 0 Å². The highest BCUT2D eigenvalue weighted by Gasteiger charge is 1.98. The van der Waals surface area contributed by atoms with Crippen molar-refractivity contribution in [3.05, 3.63) is 12.7 Å². The third kappa shape index (κ3) is 19.8. The van der Waals surface area contributed by atoms with Crippen molar-refractivity contribution in [3.63, 3.8) is 0 Å². The Morgan fingerprint density at radius 2 is 1.67 bits per heavy atom. The van der Waals surface area contributed by atoms with E-state index in [2.05, 4.69) is 6.58 Å². The molecule has 0 saturated heterocycles. The highest BCUT2D eigenvalue weighted by atomic mass is 16.4. The lowest BCUT2D eigenvalue weighted by molar-refractivity contribution is -0.148. The van der Waals surface area contributed by atoms with Gasteiger partial charge in [-0.25, -0.2) is 4.79 Å². The first kappa shape index (κ1) is 10.8. The smallest absolute Gasteiger partial charge is 0.371 e. The summed E-state index contributed by atoms with van der Waals surface area (Å²) in [4.78, 5) is 18.9. The van der Waals surface area contributed by atoms with Crippen molar-refractivity contribution >= 4 is 11.8 Å². The number of aliphatic carboxylic acids is 1. The number of Topliss-reactive ketones (excluding diaryl/α,β-unsaturated/α-hetero) is 1. The van der Waals surface area contributed by atoms with Crippen molar-refractivity contribution in [2.45, 2.75) is 13.8 Å². The first-order valence-electron chi connectivity index (χ1n) is 2.37. The summed E-state index contributed by atoms with van der Waals surface area (Å²) in [6, 6.07) is 0. The van der Waals surface area contributed by atoms with Gasteiger partial charge in [-0.05, 0) is 6.92 Å². The molecule has 0 bridgehead atoms. The van der Waals surface area contributed by atoms with Gasteiger partial charge in [-0.2, -0.15) is 0 Å². The molecule has 0 aromatic heterocycles. The van der Waals surface area contributed by atoms with E-state index >= 15 is 0 Å². The Hall–Kier alpha value is -1.12. The summed E-state index contributed by atoms with van der Waals surface area (Å²) in [7, 11) is 0. The van der Waals surface area contributed by atoms with Gasteiger partial charge in [0.1, 0.15) is 0 Å². The van der Waals surface area contributed by atoms with E-state index in [0.29, 0.717) is 0 Å². The molecule has 9 heavy (non-hydrogen) atoms. The summed E-state index contributed by atoms with van der Waals surface area (Å²) in [6.45, 7) is 6.25. The molecule has 0 amide bonds. The molecule has 0 atom stereocenters. The van der Waals surface area contributed by atoms with Crippen LogP contribution in [0.15, 0.2) is 12.7 Å². The Kier molecular flexibility index (Phi) is 8.25. The number of hydrogen-bond donors (Lipinski definition) is 1. The predicted octanol–water partition coefficient (Wildman–Crippen LogP) is 0.852. The third-order valence-corrected chi connectivity index (χ3v) is 0.301. The molecule has 0 saturated carbocycles. The topological polar surface area (TPSA) is 54.4 Å². The molecule has 0 unspecified atom stereocenters. The molecule has 0 aliphatic carbocycles. The van der Waals surface area contributed by atoms with E-state index in [1.807, 2.05) is 6.92 Å². The Morgan fingerprint density at radius 1 is 1.56 bits per heavy atom. The number of carboxylic acid groups (broad SMARTS) is 1. The summed E-state index contributed by atoms with van der Waals surface area (Å²) in [5.74, 6) is -2.20.